The molecule has 56 heavy (non-hydrogen) atoms. The van der Waals surface area contributed by atoms with E-state index in [1.807, 2.05) is 11.8 Å². The van der Waals surface area contributed by atoms with Crippen molar-refractivity contribution in [3.8, 4) is 49.4 Å². The number of hydrogen-bond acceptors (Lipinski definition) is 10. The van der Waals surface area contributed by atoms with Gasteiger partial charge in [0.1, 0.15) is 13.2 Å². The van der Waals surface area contributed by atoms with Crippen LogP contribution in [0.5, 0.6) is 0 Å². The van der Waals surface area contributed by atoms with Gasteiger partial charge in [0.05, 0.1) is 51.3 Å². The zero-order valence-electron chi connectivity index (χ0n) is 31.1. The van der Waals surface area contributed by atoms with Gasteiger partial charge in [0.25, 0.3) is 33.7 Å². The number of imide groups is 3. The Balaban J connectivity index is 0. The summed E-state index contributed by atoms with van der Waals surface area (Å²) in [6.45, 7) is 3.95. The van der Waals surface area contributed by atoms with Crippen molar-refractivity contribution in [2.24, 2.45) is 0 Å². The molecule has 0 spiro atoms. The van der Waals surface area contributed by atoms with Crippen LogP contribution in [0.1, 0.15) is 82.4 Å². The molecule has 16 heteroatoms. The van der Waals surface area contributed by atoms with E-state index in [-0.39, 0.29) is 94.8 Å². The summed E-state index contributed by atoms with van der Waals surface area (Å²) in [6.07, 6.45) is 21.3. The third-order valence-electron chi connectivity index (χ3n) is 5.89. The Morgan fingerprint density at radius 2 is 1.04 bits per heavy atom. The molecule has 0 unspecified atom stereocenters. The maximum Gasteiger partial charge on any atom is 1.00 e. The van der Waals surface area contributed by atoms with Gasteiger partial charge in [-0.25, -0.2) is 0 Å². The number of terminal acetylenes is 4. The van der Waals surface area contributed by atoms with Gasteiger partial charge in [-0.3, -0.25) is 33.6 Å². The number of rotatable bonds is 3. The van der Waals surface area contributed by atoms with Crippen LogP contribution in [0.3, 0.4) is 0 Å². The summed E-state index contributed by atoms with van der Waals surface area (Å²) in [5.74, 6) is 6.66. The van der Waals surface area contributed by atoms with Crippen molar-refractivity contribution in [3.63, 3.8) is 0 Å². The number of aliphatic hydroxyl groups excluding tert-OH is 1. The Kier molecular flexibility index (Phi) is 28.5. The van der Waals surface area contributed by atoms with Gasteiger partial charge in [0.15, 0.2) is 0 Å². The summed E-state index contributed by atoms with van der Waals surface area (Å²) in [5.41, 5.74) is 2.64. The first-order chi connectivity index (χ1) is 26.1. The first kappa shape index (κ1) is 53.7. The van der Waals surface area contributed by atoms with E-state index in [1.165, 1.54) is 6.42 Å². The molecule has 3 heterocycles. The number of amides is 6. The van der Waals surface area contributed by atoms with Gasteiger partial charge in [-0.15, -0.1) is 25.7 Å². The van der Waals surface area contributed by atoms with Gasteiger partial charge in [-0.05, 0) is 24.3 Å². The van der Waals surface area contributed by atoms with E-state index < -0.39 is 21.9 Å². The summed E-state index contributed by atoms with van der Waals surface area (Å²) in [4.78, 5) is 68.0. The first-order valence-electron chi connectivity index (χ1n) is 15.7. The molecule has 3 aromatic rings. The van der Waals surface area contributed by atoms with Crippen LogP contribution in [0.2, 0.25) is 0 Å². The molecule has 0 fully saturated rings. The minimum absolute atomic E-state index is 0. The average Bonchev–Trinajstić information content (AvgIpc) is 3.74. The van der Waals surface area contributed by atoms with E-state index in [2.05, 4.69) is 69.5 Å². The van der Waals surface area contributed by atoms with E-state index >= 15 is 0 Å². The third-order valence-corrected chi connectivity index (χ3v) is 6.87. The number of hydrogen-bond donors (Lipinski definition) is 2. The molecule has 3 aliphatic heterocycles. The standard InChI is InChI=1S/C11H7NO2.2C8H5NO2.C4H6O3S.C3H3I.C3H4O.C3H8.K/c1-2-7-12-10(13)8-5-3-4-6-9(8)11(12)14;2*10-7-5-3-1-2-4-6(5)8(11)9-7;1-3-4-7-8(2,5)6;2*1-2-3-4;1-3-2;/h1,3-6H,7H2;2*1-4H,(H,9,10,11);1H,4H2,2H3;1H,3H2;1,4H,3H2;3H2,1-2H3;/q;;;;;;;+1/p-1. The minimum Gasteiger partial charge on any atom is -0.587 e. The normalized spacial score (nSPS) is 11.8. The predicted octanol–water partition coefficient (Wildman–Crippen LogP) is 1.52. The van der Waals surface area contributed by atoms with Crippen LogP contribution in [0.25, 0.3) is 5.32 Å². The van der Waals surface area contributed by atoms with Gasteiger partial charge in [-0.1, -0.05) is 115 Å². The molecule has 13 nitrogen and oxygen atoms in total. The number of alkyl halides is 1. The summed E-state index contributed by atoms with van der Waals surface area (Å²) in [6, 6.07) is 20.1. The van der Waals surface area contributed by atoms with Gasteiger partial charge in [0.2, 0.25) is 0 Å². The average molecular weight is 918 g/mol. The number of nitrogens with zero attached hydrogens (tertiary/aromatic N) is 2. The second kappa shape index (κ2) is 29.8. The Labute approximate surface area is 383 Å². The van der Waals surface area contributed by atoms with Crippen LogP contribution in [0.4, 0.5) is 0 Å². The summed E-state index contributed by atoms with van der Waals surface area (Å²) < 4.78 is 25.1. The molecule has 0 saturated carbocycles. The second-order valence-electron chi connectivity index (χ2n) is 10.1. The predicted molar refractivity (Wildman–Crippen MR) is 217 cm³/mol. The second-order valence-corrected chi connectivity index (χ2v) is 12.5. The molecule has 0 bridgehead atoms. The molecular formula is C40H37IKN3O10S. The molecule has 286 valence electrons. The molecule has 2 N–H and O–H groups in total. The zero-order valence-corrected chi connectivity index (χ0v) is 37.2. The largest absolute Gasteiger partial charge is 1.00 e. The van der Waals surface area contributed by atoms with Gasteiger partial charge in [0, 0.05) is 11.1 Å². The van der Waals surface area contributed by atoms with E-state index in [0.29, 0.717) is 33.4 Å². The van der Waals surface area contributed by atoms with Crippen molar-refractivity contribution in [2.75, 3.05) is 30.4 Å². The fourth-order valence-electron chi connectivity index (χ4n) is 3.80. The number of halogens is 1. The quantitative estimate of drug-likeness (QED) is 0.0972. The molecule has 0 saturated heterocycles. The van der Waals surface area contributed by atoms with Crippen LogP contribution >= 0.6 is 22.6 Å². The molecule has 0 atom stereocenters. The van der Waals surface area contributed by atoms with Crippen molar-refractivity contribution in [1.82, 2.24) is 10.2 Å². The number of carbonyl (C=O) groups excluding carboxylic acids is 6. The molecule has 3 aromatic carbocycles. The summed E-state index contributed by atoms with van der Waals surface area (Å²) in [7, 11) is -3.33. The van der Waals surface area contributed by atoms with Gasteiger partial charge in [-0.2, -0.15) is 8.42 Å². The SMILES string of the molecule is C#CCI.C#CCN1C(=O)c2ccccc2C1=O.C#CCO.C#CCOS(C)(=O)=O.CCC.O=C1NC(=O)c2ccccc21.O=C1[N-]C(=O)c2ccccc21.[K+]. The van der Waals surface area contributed by atoms with Crippen LogP contribution in [0.15, 0.2) is 72.8 Å². The van der Waals surface area contributed by atoms with E-state index in [1.54, 1.807) is 72.8 Å². The van der Waals surface area contributed by atoms with Crippen molar-refractivity contribution in [1.29, 1.82) is 0 Å². The van der Waals surface area contributed by atoms with E-state index in [0.717, 1.165) is 15.6 Å². The van der Waals surface area contributed by atoms with Crippen LogP contribution in [-0.4, -0.2) is 84.3 Å². The molecule has 0 aliphatic carbocycles. The first-order valence-corrected chi connectivity index (χ1v) is 19.0. The summed E-state index contributed by atoms with van der Waals surface area (Å²) >= 11 is 2.12. The Morgan fingerprint density at radius 3 is 1.30 bits per heavy atom. The molecule has 0 radical (unpaired) electrons. The van der Waals surface area contributed by atoms with Crippen molar-refractivity contribution < 1.29 is 97.9 Å². The fraction of sp³-hybridized carbons (Fsp3) is 0.200. The maximum absolute atomic E-state index is 11.6. The number of carbonyl (C=O) groups is 6. The molecule has 6 amide bonds. The van der Waals surface area contributed by atoms with Gasteiger partial charge < -0.3 is 20.0 Å². The van der Waals surface area contributed by atoms with Crippen LogP contribution in [0, 0.1) is 49.4 Å². The van der Waals surface area contributed by atoms with Crippen molar-refractivity contribution >= 4 is 68.2 Å². The van der Waals surface area contributed by atoms with Crippen molar-refractivity contribution in [3.05, 3.63) is 111 Å². The maximum atomic E-state index is 11.6. The van der Waals surface area contributed by atoms with E-state index in [9.17, 15) is 37.2 Å². The third kappa shape index (κ3) is 18.9. The number of nitrogens with one attached hydrogen (secondary N) is 1. The number of benzene rings is 3. The Bertz CT molecular complexity index is 1940. The smallest absolute Gasteiger partial charge is 0.587 e. The minimum atomic E-state index is -3.33. The monoisotopic (exact) mass is 917 g/mol. The summed E-state index contributed by atoms with van der Waals surface area (Å²) in [5, 5.41) is 13.1. The number of aliphatic hydroxyl groups is 1. The van der Waals surface area contributed by atoms with Crippen molar-refractivity contribution in [2.45, 2.75) is 20.3 Å². The zero-order chi connectivity index (χ0) is 42.0. The molecular weight excluding hydrogens is 881 g/mol. The van der Waals surface area contributed by atoms with Gasteiger partial charge >= 0.3 is 51.4 Å². The topological polar surface area (TPSA) is 195 Å². The fourth-order valence-corrected chi connectivity index (χ4v) is 4.08. The van der Waals surface area contributed by atoms with E-state index in [4.69, 9.17) is 24.4 Å². The molecule has 3 aliphatic rings. The number of fused-ring (bicyclic) bond motifs is 3. The Morgan fingerprint density at radius 1 is 0.696 bits per heavy atom. The molecule has 6 rings (SSSR count). The van der Waals surface area contributed by atoms with Crippen LogP contribution < -0.4 is 56.7 Å². The Hall–Kier alpha value is -4.44. The molecule has 0 aromatic heterocycles. The van der Waals surface area contributed by atoms with Crippen LogP contribution in [-0.2, 0) is 14.3 Å².